The molecule has 0 unspecified atom stereocenters. The molecule has 1 aromatic heterocycles. The zero-order valence-electron chi connectivity index (χ0n) is 16.5. The predicted octanol–water partition coefficient (Wildman–Crippen LogP) is 6.44. The number of aromatic nitrogens is 1. The Bertz CT molecular complexity index is 1060. The third-order valence-electron chi connectivity index (χ3n) is 4.24. The normalized spacial score (nSPS) is 10.9. The van der Waals surface area contributed by atoms with Crippen molar-refractivity contribution in [1.29, 1.82) is 5.26 Å². The van der Waals surface area contributed by atoms with Gasteiger partial charge in [-0.2, -0.15) is 9.64 Å². The molecule has 0 saturated carbocycles. The number of rotatable bonds is 7. The molecule has 0 fully saturated rings. The number of benzene rings is 2. The van der Waals surface area contributed by atoms with Crippen molar-refractivity contribution in [2.24, 2.45) is 4.99 Å². The van der Waals surface area contributed by atoms with E-state index in [1.807, 2.05) is 55.3 Å². The molecule has 29 heavy (non-hydrogen) atoms. The third-order valence-corrected chi connectivity index (χ3v) is 5.27. The van der Waals surface area contributed by atoms with Crippen molar-refractivity contribution >= 4 is 35.2 Å². The van der Waals surface area contributed by atoms with Crippen molar-refractivity contribution in [3.63, 3.8) is 0 Å². The number of hydrogen-bond acceptors (Lipinski definition) is 5. The summed E-state index contributed by atoms with van der Waals surface area (Å²) >= 11 is 7.57. The maximum Gasteiger partial charge on any atom is 0.218 e. The number of nitriles is 1. The lowest BCUT2D eigenvalue weighted by atomic mass is 10.1. The van der Waals surface area contributed by atoms with Crippen molar-refractivity contribution in [3.8, 4) is 28.1 Å². The van der Waals surface area contributed by atoms with Crippen LogP contribution in [0.1, 0.15) is 24.5 Å². The summed E-state index contributed by atoms with van der Waals surface area (Å²) in [6.07, 6.45) is 2.82. The SMILES string of the molecule is CCCN(C)C=Nc1cc(C)c(Oc2snc(-c3ccccc3)c2C#N)cc1Cl. The molecule has 0 atom stereocenters. The largest absolute Gasteiger partial charge is 0.443 e. The first-order chi connectivity index (χ1) is 14.0. The molecule has 2 aromatic carbocycles. The van der Waals surface area contributed by atoms with Gasteiger partial charge >= 0.3 is 0 Å². The van der Waals surface area contributed by atoms with Gasteiger partial charge in [0.1, 0.15) is 23.1 Å². The fourth-order valence-corrected chi connectivity index (χ4v) is 3.70. The highest BCUT2D eigenvalue weighted by Gasteiger charge is 2.18. The Morgan fingerprint density at radius 3 is 2.76 bits per heavy atom. The smallest absolute Gasteiger partial charge is 0.218 e. The lowest BCUT2D eigenvalue weighted by molar-refractivity contribution is 0.491. The number of aryl methyl sites for hydroxylation is 1. The molecule has 1 heterocycles. The van der Waals surface area contributed by atoms with Gasteiger partial charge in [0.15, 0.2) is 0 Å². The maximum absolute atomic E-state index is 9.65. The van der Waals surface area contributed by atoms with Crippen LogP contribution in [0.3, 0.4) is 0 Å². The van der Waals surface area contributed by atoms with E-state index in [0.29, 0.717) is 32.8 Å². The fraction of sp³-hybridized carbons (Fsp3) is 0.227. The molecule has 0 bridgehead atoms. The molecule has 3 rings (SSSR count). The van der Waals surface area contributed by atoms with Crippen LogP contribution in [-0.4, -0.2) is 29.2 Å². The first-order valence-electron chi connectivity index (χ1n) is 9.21. The van der Waals surface area contributed by atoms with Gasteiger partial charge in [-0.25, -0.2) is 4.99 Å². The van der Waals surface area contributed by atoms with E-state index < -0.39 is 0 Å². The van der Waals surface area contributed by atoms with E-state index in [1.165, 1.54) is 0 Å². The van der Waals surface area contributed by atoms with Crippen LogP contribution in [0, 0.1) is 18.3 Å². The first kappa shape index (κ1) is 20.8. The molecule has 0 saturated heterocycles. The highest BCUT2D eigenvalue weighted by molar-refractivity contribution is 7.08. The minimum absolute atomic E-state index is 0.417. The van der Waals surface area contributed by atoms with Crippen LogP contribution >= 0.6 is 23.1 Å². The van der Waals surface area contributed by atoms with E-state index in [4.69, 9.17) is 16.3 Å². The van der Waals surface area contributed by atoms with Gasteiger partial charge in [0.25, 0.3) is 0 Å². The van der Waals surface area contributed by atoms with Crippen molar-refractivity contribution in [2.45, 2.75) is 20.3 Å². The van der Waals surface area contributed by atoms with Crippen LogP contribution in [-0.2, 0) is 0 Å². The van der Waals surface area contributed by atoms with Gasteiger partial charge in [-0.3, -0.25) is 0 Å². The highest BCUT2D eigenvalue weighted by atomic mass is 35.5. The quantitative estimate of drug-likeness (QED) is 0.323. The van der Waals surface area contributed by atoms with Gasteiger partial charge in [-0.1, -0.05) is 48.9 Å². The molecule has 0 amide bonds. The Balaban J connectivity index is 1.87. The summed E-state index contributed by atoms with van der Waals surface area (Å²) in [6, 6.07) is 15.4. The summed E-state index contributed by atoms with van der Waals surface area (Å²) in [5.41, 5.74) is 3.47. The van der Waals surface area contributed by atoms with E-state index in [9.17, 15) is 5.26 Å². The molecule has 0 spiro atoms. The van der Waals surface area contributed by atoms with Crippen LogP contribution in [0.25, 0.3) is 11.3 Å². The number of hydrogen-bond donors (Lipinski definition) is 0. The molecule has 0 radical (unpaired) electrons. The molecule has 0 N–H and O–H groups in total. The van der Waals surface area contributed by atoms with Crippen molar-refractivity contribution in [2.75, 3.05) is 13.6 Å². The summed E-state index contributed by atoms with van der Waals surface area (Å²) in [6.45, 7) is 4.96. The van der Waals surface area contributed by atoms with Gasteiger partial charge in [0.05, 0.1) is 17.0 Å². The molecule has 7 heteroatoms. The molecular formula is C22H21ClN4OS. The number of aliphatic imine (C=N–C) groups is 1. The Labute approximate surface area is 180 Å². The second-order valence-corrected chi connectivity index (χ2v) is 7.71. The second kappa shape index (κ2) is 9.55. The van der Waals surface area contributed by atoms with Crippen molar-refractivity contribution < 1.29 is 4.74 Å². The first-order valence-corrected chi connectivity index (χ1v) is 10.4. The van der Waals surface area contributed by atoms with Crippen LogP contribution in [0.2, 0.25) is 5.02 Å². The fourth-order valence-electron chi connectivity index (χ4n) is 2.76. The van der Waals surface area contributed by atoms with Crippen LogP contribution in [0.15, 0.2) is 47.5 Å². The standard InChI is InChI=1S/C22H21ClN4OS/c1-4-10-27(3)14-25-19-11-15(2)20(12-18(19)23)28-22-17(13-24)21(26-29-22)16-8-6-5-7-9-16/h5-9,11-12,14H,4,10H2,1-3H3. The topological polar surface area (TPSA) is 61.5 Å². The van der Waals surface area contributed by atoms with Gasteiger partial charge in [-0.15, -0.1) is 0 Å². The minimum atomic E-state index is 0.417. The van der Waals surface area contributed by atoms with E-state index in [0.717, 1.165) is 35.6 Å². The van der Waals surface area contributed by atoms with E-state index in [1.54, 1.807) is 12.4 Å². The number of halogens is 1. The average molecular weight is 425 g/mol. The zero-order valence-corrected chi connectivity index (χ0v) is 18.1. The van der Waals surface area contributed by atoms with Gasteiger partial charge in [0, 0.05) is 36.8 Å². The van der Waals surface area contributed by atoms with Crippen molar-refractivity contribution in [3.05, 3.63) is 58.6 Å². The van der Waals surface area contributed by atoms with Crippen LogP contribution in [0.4, 0.5) is 5.69 Å². The molecule has 148 valence electrons. The number of ether oxygens (including phenoxy) is 1. The minimum Gasteiger partial charge on any atom is -0.443 e. The molecule has 0 aliphatic heterocycles. The lowest BCUT2D eigenvalue weighted by Gasteiger charge is -2.12. The average Bonchev–Trinajstić information content (AvgIpc) is 3.13. The molecule has 3 aromatic rings. The van der Waals surface area contributed by atoms with Crippen LogP contribution < -0.4 is 4.74 Å². The maximum atomic E-state index is 9.65. The number of nitrogens with zero attached hydrogens (tertiary/aromatic N) is 4. The highest BCUT2D eigenvalue weighted by Crippen LogP contribution is 2.39. The van der Waals surface area contributed by atoms with E-state index in [2.05, 4.69) is 22.4 Å². The Kier molecular flexibility index (Phi) is 6.86. The zero-order chi connectivity index (χ0) is 20.8. The summed E-state index contributed by atoms with van der Waals surface area (Å²) in [4.78, 5) is 6.47. The second-order valence-electron chi connectivity index (χ2n) is 6.57. The molecule has 5 nitrogen and oxygen atoms in total. The Hall–Kier alpha value is -2.88. The predicted molar refractivity (Wildman–Crippen MR) is 120 cm³/mol. The summed E-state index contributed by atoms with van der Waals surface area (Å²) in [5, 5.41) is 10.6. The summed E-state index contributed by atoms with van der Waals surface area (Å²) in [5.74, 6) is 0.579. The lowest BCUT2D eigenvalue weighted by Crippen LogP contribution is -2.16. The third kappa shape index (κ3) is 4.94. The Morgan fingerprint density at radius 1 is 1.31 bits per heavy atom. The van der Waals surface area contributed by atoms with E-state index in [-0.39, 0.29) is 0 Å². The molecule has 0 aliphatic carbocycles. The molecular weight excluding hydrogens is 404 g/mol. The summed E-state index contributed by atoms with van der Waals surface area (Å²) < 4.78 is 10.4. The molecule has 0 aliphatic rings. The van der Waals surface area contributed by atoms with Crippen LogP contribution in [0.5, 0.6) is 10.8 Å². The van der Waals surface area contributed by atoms with Gasteiger partial charge in [-0.05, 0) is 25.0 Å². The van der Waals surface area contributed by atoms with Crippen molar-refractivity contribution in [1.82, 2.24) is 9.27 Å². The monoisotopic (exact) mass is 424 g/mol. The van der Waals surface area contributed by atoms with E-state index >= 15 is 0 Å². The Morgan fingerprint density at radius 2 is 2.07 bits per heavy atom. The van der Waals surface area contributed by atoms with Gasteiger partial charge in [0.2, 0.25) is 5.06 Å². The summed E-state index contributed by atoms with van der Waals surface area (Å²) in [7, 11) is 1.97. The van der Waals surface area contributed by atoms with Gasteiger partial charge < -0.3 is 9.64 Å².